The maximum absolute atomic E-state index is 13.9. The van der Waals surface area contributed by atoms with Crippen molar-refractivity contribution in [2.45, 2.75) is 96.0 Å². The fourth-order valence-electron chi connectivity index (χ4n) is 5.69. The van der Waals surface area contributed by atoms with Gasteiger partial charge in [-0.1, -0.05) is 55.4 Å². The van der Waals surface area contributed by atoms with Crippen LogP contribution in [0.15, 0.2) is 12.5 Å². The fraction of sp³-hybridized carbons (Fsp3) is 0.667. The molecule has 204 valence electrons. The van der Waals surface area contributed by atoms with Crippen molar-refractivity contribution in [3.8, 4) is 0 Å². The molecule has 0 bridgehead atoms. The van der Waals surface area contributed by atoms with Crippen LogP contribution in [0.3, 0.4) is 0 Å². The first-order valence-corrected chi connectivity index (χ1v) is 16.8. The van der Waals surface area contributed by atoms with Crippen LogP contribution in [0.1, 0.15) is 72.0 Å². The summed E-state index contributed by atoms with van der Waals surface area (Å²) in [5.41, 5.74) is 12.5. The summed E-state index contributed by atoms with van der Waals surface area (Å²) in [6.45, 7) is 17.1. The topological polar surface area (TPSA) is 154 Å². The Morgan fingerprint density at radius 1 is 1.03 bits per heavy atom. The van der Waals surface area contributed by atoms with Gasteiger partial charge in [-0.15, -0.1) is 0 Å². The van der Waals surface area contributed by atoms with Crippen molar-refractivity contribution < 1.29 is 27.3 Å². The lowest BCUT2D eigenvalue weighted by Crippen LogP contribution is -2.65. The van der Waals surface area contributed by atoms with Crippen LogP contribution in [0.2, 0.25) is 22.2 Å². The molecule has 0 aliphatic carbocycles. The molecule has 1 amide bonds. The lowest BCUT2D eigenvalue weighted by atomic mass is 10.1. The number of anilines is 1. The Morgan fingerprint density at radius 2 is 1.62 bits per heavy atom. The van der Waals surface area contributed by atoms with Crippen LogP contribution in [-0.2, 0) is 22.5 Å². The predicted molar refractivity (Wildman–Crippen MR) is 143 cm³/mol. The van der Waals surface area contributed by atoms with E-state index < -0.39 is 41.5 Å². The van der Waals surface area contributed by atoms with Crippen molar-refractivity contribution in [2.75, 3.05) is 12.3 Å². The van der Waals surface area contributed by atoms with E-state index in [1.165, 1.54) is 17.1 Å². The average molecular weight is 550 g/mol. The highest BCUT2D eigenvalue weighted by atomic mass is 28.5. The van der Waals surface area contributed by atoms with E-state index in [1.807, 2.05) is 0 Å². The molecule has 4 heterocycles. The first-order chi connectivity index (χ1) is 17.3. The first kappa shape index (κ1) is 27.9. The van der Waals surface area contributed by atoms with Crippen LogP contribution in [0, 0.1) is 0 Å². The molecule has 2 aromatic heterocycles. The van der Waals surface area contributed by atoms with Gasteiger partial charge in [-0.2, -0.15) is 0 Å². The third kappa shape index (κ3) is 4.34. The summed E-state index contributed by atoms with van der Waals surface area (Å²) in [5.74, 6) is -0.896. The molecule has 37 heavy (non-hydrogen) atoms. The molecular weight excluding hydrogens is 510 g/mol. The molecule has 2 saturated heterocycles. The zero-order chi connectivity index (χ0) is 27.4. The maximum atomic E-state index is 13.9. The van der Waals surface area contributed by atoms with Gasteiger partial charge >= 0.3 is 17.1 Å². The van der Waals surface area contributed by atoms with Crippen LogP contribution < -0.4 is 11.5 Å². The Hall–Kier alpha value is -2.17. The van der Waals surface area contributed by atoms with E-state index >= 15 is 0 Å². The van der Waals surface area contributed by atoms with Gasteiger partial charge < -0.3 is 29.2 Å². The largest absolute Gasteiger partial charge is 0.414 e. The number of rotatable bonds is 6. The Morgan fingerprint density at radius 3 is 2.16 bits per heavy atom. The number of ether oxygens (including phenoxy) is 1. The van der Waals surface area contributed by atoms with E-state index in [0.717, 1.165) is 0 Å². The fourth-order valence-corrected chi connectivity index (χ4v) is 16.9. The standard InChI is InChI=1S/C24H39N5O6Si2/c1-12(2)36(13(3)4)32-10-17-20(34-37(35-36,14(5)6)15(7)8)19(30)24(33-17)29-9-16(22(26)31)18-21(25)27-11-28-23(18)29/h9,11-15,17,20,24H,10H2,1-8H3,(H2,26,31)(H2,25,27,28)/t17-,20+,24?/m1/s1. The Bertz CT molecular complexity index is 1180. The summed E-state index contributed by atoms with van der Waals surface area (Å²) in [5, 5.41) is 0.287. The van der Waals surface area contributed by atoms with E-state index in [-0.39, 0.29) is 57.0 Å². The predicted octanol–water partition coefficient (Wildman–Crippen LogP) is 3.54. The molecule has 13 heteroatoms. The minimum absolute atomic E-state index is 0.0625. The first-order valence-electron chi connectivity index (χ1n) is 12.9. The monoisotopic (exact) mass is 549 g/mol. The van der Waals surface area contributed by atoms with Crippen molar-refractivity contribution in [1.29, 1.82) is 0 Å². The van der Waals surface area contributed by atoms with E-state index in [9.17, 15) is 9.59 Å². The molecule has 0 aromatic carbocycles. The number of fused-ring (bicyclic) bond motifs is 2. The van der Waals surface area contributed by atoms with Gasteiger partial charge in [0.25, 0.3) is 5.91 Å². The molecule has 0 saturated carbocycles. The van der Waals surface area contributed by atoms with Gasteiger partial charge in [0.1, 0.15) is 30.0 Å². The number of nitrogens with two attached hydrogens (primary N) is 2. The van der Waals surface area contributed by atoms with Crippen molar-refractivity contribution in [3.63, 3.8) is 0 Å². The second-order valence-corrected chi connectivity index (χ2v) is 20.1. The summed E-state index contributed by atoms with van der Waals surface area (Å²) in [7, 11) is -5.79. The minimum Gasteiger partial charge on any atom is -0.414 e. The van der Waals surface area contributed by atoms with Crippen LogP contribution in [0.5, 0.6) is 0 Å². The quantitative estimate of drug-likeness (QED) is 0.515. The molecule has 4 N–H and O–H groups in total. The highest BCUT2D eigenvalue weighted by Crippen LogP contribution is 2.48. The van der Waals surface area contributed by atoms with Crippen LogP contribution in [0.25, 0.3) is 11.0 Å². The summed E-state index contributed by atoms with van der Waals surface area (Å²) in [6, 6.07) is 0. The SMILES string of the molecule is CC(C)[Si]1(C(C)C)OC[C@H]2OC(n3cc(C(N)=O)c4c(N)ncnc43)C(=O)[C@H]2O[Si](C(C)C)(C(C)C)O1. The number of amides is 1. The van der Waals surface area contributed by atoms with Gasteiger partial charge in [0.2, 0.25) is 5.78 Å². The normalized spacial score (nSPS) is 25.7. The van der Waals surface area contributed by atoms with Gasteiger partial charge in [-0.3, -0.25) is 14.2 Å². The molecule has 2 fully saturated rings. The molecule has 0 spiro atoms. The van der Waals surface area contributed by atoms with Gasteiger partial charge in [0.15, 0.2) is 6.23 Å². The summed E-state index contributed by atoms with van der Waals surface area (Å²) < 4.78 is 28.6. The van der Waals surface area contributed by atoms with E-state index in [4.69, 9.17) is 29.2 Å². The average Bonchev–Trinajstić information content (AvgIpc) is 3.32. The third-order valence-electron chi connectivity index (χ3n) is 7.64. The van der Waals surface area contributed by atoms with Gasteiger partial charge in [0.05, 0.1) is 17.6 Å². The second kappa shape index (κ2) is 9.86. The number of nitrogen functional groups attached to an aromatic ring is 1. The van der Waals surface area contributed by atoms with Crippen molar-refractivity contribution in [3.05, 3.63) is 18.1 Å². The van der Waals surface area contributed by atoms with E-state index in [1.54, 1.807) is 0 Å². The molecule has 11 nitrogen and oxygen atoms in total. The van der Waals surface area contributed by atoms with E-state index in [0.29, 0.717) is 0 Å². The zero-order valence-corrected chi connectivity index (χ0v) is 24.8. The molecule has 2 aromatic rings. The Labute approximate surface area is 219 Å². The van der Waals surface area contributed by atoms with Crippen molar-refractivity contribution >= 4 is 45.7 Å². The number of primary amides is 1. The molecule has 1 unspecified atom stereocenters. The zero-order valence-electron chi connectivity index (χ0n) is 22.8. The van der Waals surface area contributed by atoms with Crippen molar-refractivity contribution in [1.82, 2.24) is 14.5 Å². The van der Waals surface area contributed by atoms with Crippen LogP contribution in [0.4, 0.5) is 5.82 Å². The second-order valence-electron chi connectivity index (χ2n) is 11.2. The number of ketones is 1. The highest BCUT2D eigenvalue weighted by Gasteiger charge is 2.61. The molecule has 2 aliphatic heterocycles. The number of hydrogen-bond donors (Lipinski definition) is 2. The third-order valence-corrected chi connectivity index (χ3v) is 17.9. The lowest BCUT2D eigenvalue weighted by molar-refractivity contribution is -0.130. The molecule has 4 rings (SSSR count). The molecular formula is C24H39N5O6Si2. The maximum Gasteiger partial charge on any atom is 0.335 e. The van der Waals surface area contributed by atoms with E-state index in [2.05, 4.69) is 65.4 Å². The molecule has 3 atom stereocenters. The summed E-state index contributed by atoms with van der Waals surface area (Å²) in [4.78, 5) is 34.4. The number of nitrogens with zero attached hydrogens (tertiary/aromatic N) is 3. The lowest BCUT2D eigenvalue weighted by Gasteiger charge is -2.50. The van der Waals surface area contributed by atoms with Gasteiger partial charge in [-0.25, -0.2) is 9.97 Å². The minimum atomic E-state index is -3.01. The van der Waals surface area contributed by atoms with Crippen LogP contribution in [-0.4, -0.2) is 62.2 Å². The molecule has 2 aliphatic rings. The molecule has 0 radical (unpaired) electrons. The summed E-state index contributed by atoms with van der Waals surface area (Å²) >= 11 is 0. The van der Waals surface area contributed by atoms with Gasteiger partial charge in [0, 0.05) is 6.20 Å². The smallest absolute Gasteiger partial charge is 0.335 e. The number of aromatic nitrogens is 3. The number of Topliss-reactive ketones (excluding diaryl/α,β-unsaturated/α-hetero) is 1. The highest BCUT2D eigenvalue weighted by molar-refractivity contribution is 6.84. The van der Waals surface area contributed by atoms with Crippen molar-refractivity contribution in [2.24, 2.45) is 5.73 Å². The van der Waals surface area contributed by atoms with Gasteiger partial charge in [-0.05, 0) is 22.2 Å². The number of hydrogen-bond acceptors (Lipinski definition) is 9. The van der Waals surface area contributed by atoms with Crippen LogP contribution >= 0.6 is 0 Å². The Kier molecular flexibility index (Phi) is 7.42. The summed E-state index contributed by atoms with van der Waals surface area (Å²) in [6.07, 6.45) is 0.0934. The Balaban J connectivity index is 1.83. The number of carbonyl (C=O) groups excluding carboxylic acids is 2. The number of carbonyl (C=O) groups is 2.